The molecule has 2 N–H and O–H groups in total. The molecule has 0 atom stereocenters. The van der Waals surface area contributed by atoms with Gasteiger partial charge in [-0.3, -0.25) is 0 Å². The first-order valence-electron chi connectivity index (χ1n) is 5.31. The third-order valence-electron chi connectivity index (χ3n) is 2.63. The average Bonchev–Trinajstić information content (AvgIpc) is 2.39. The molecule has 0 aliphatic rings. The fourth-order valence-corrected chi connectivity index (χ4v) is 1.63. The predicted octanol–water partition coefficient (Wildman–Crippen LogP) is 1.68. The van der Waals surface area contributed by atoms with E-state index >= 15 is 0 Å². The molecule has 94 valence electrons. The van der Waals surface area contributed by atoms with Crippen LogP contribution in [-0.2, 0) is 0 Å². The van der Waals surface area contributed by atoms with Crippen molar-refractivity contribution in [2.75, 3.05) is 7.11 Å². The first-order valence-corrected chi connectivity index (χ1v) is 5.31. The molecule has 0 aromatic heterocycles. The van der Waals surface area contributed by atoms with Crippen molar-refractivity contribution < 1.29 is 14.8 Å². The van der Waals surface area contributed by atoms with E-state index in [1.165, 1.54) is 0 Å². The highest BCUT2D eigenvalue weighted by molar-refractivity contribution is 6.58. The van der Waals surface area contributed by atoms with E-state index < -0.39 is 7.12 Å². The van der Waals surface area contributed by atoms with Gasteiger partial charge in [-0.05, 0) is 28.7 Å². The van der Waals surface area contributed by atoms with Gasteiger partial charge in [-0.15, -0.1) is 0 Å². The van der Waals surface area contributed by atoms with Crippen molar-refractivity contribution in [3.63, 3.8) is 0 Å². The van der Waals surface area contributed by atoms with Gasteiger partial charge in [0.1, 0.15) is 5.75 Å². The summed E-state index contributed by atoms with van der Waals surface area (Å²) in [5.41, 5.74) is 2.57. The van der Waals surface area contributed by atoms with Gasteiger partial charge in [0.2, 0.25) is 0 Å². The topological polar surface area (TPSA) is 49.7 Å². The monoisotopic (exact) mass is 244 g/mol. The third kappa shape index (κ3) is 3.12. The molecule has 0 spiro atoms. The predicted molar refractivity (Wildman–Crippen MR) is 75.0 cm³/mol. The van der Waals surface area contributed by atoms with Crippen LogP contribution in [0.4, 0.5) is 0 Å². The van der Waals surface area contributed by atoms with E-state index in [9.17, 15) is 0 Å². The lowest BCUT2D eigenvalue weighted by atomic mass is 9.80. The van der Waals surface area contributed by atoms with Crippen molar-refractivity contribution in [2.45, 2.75) is 7.43 Å². The Morgan fingerprint density at radius 1 is 0.833 bits per heavy atom. The first-order chi connectivity index (χ1) is 8.20. The molecule has 0 radical (unpaired) electrons. The summed E-state index contributed by atoms with van der Waals surface area (Å²) in [6.07, 6.45) is 0. The van der Waals surface area contributed by atoms with Crippen molar-refractivity contribution >= 4 is 12.6 Å². The van der Waals surface area contributed by atoms with E-state index in [-0.39, 0.29) is 7.43 Å². The summed E-state index contributed by atoms with van der Waals surface area (Å²) in [6, 6.07) is 14.8. The second-order valence-electron chi connectivity index (χ2n) is 3.72. The molecule has 0 amide bonds. The fourth-order valence-electron chi connectivity index (χ4n) is 1.63. The Morgan fingerprint density at radius 2 is 1.28 bits per heavy atom. The summed E-state index contributed by atoms with van der Waals surface area (Å²) in [4.78, 5) is 0. The minimum atomic E-state index is -1.42. The van der Waals surface area contributed by atoms with Gasteiger partial charge in [0.25, 0.3) is 0 Å². The highest BCUT2D eigenvalue weighted by Crippen LogP contribution is 2.21. The molecule has 3 nitrogen and oxygen atoms in total. The third-order valence-corrected chi connectivity index (χ3v) is 2.63. The molecule has 2 rings (SSSR count). The van der Waals surface area contributed by atoms with Gasteiger partial charge in [0.15, 0.2) is 0 Å². The van der Waals surface area contributed by atoms with Crippen LogP contribution in [-0.4, -0.2) is 24.3 Å². The van der Waals surface area contributed by atoms with Crippen molar-refractivity contribution in [2.24, 2.45) is 0 Å². The standard InChI is InChI=1S/C13H13BO3.CH4/c1-17-13-8-4-11(5-9-13)10-2-6-12(7-3-10)14(15)16;/h2-9,15-16H,1H3;1H4. The first kappa shape index (κ1) is 14.3. The van der Waals surface area contributed by atoms with E-state index in [4.69, 9.17) is 14.8 Å². The molecule has 0 saturated carbocycles. The number of methoxy groups -OCH3 is 1. The number of hydrogen-bond acceptors (Lipinski definition) is 3. The molecule has 18 heavy (non-hydrogen) atoms. The second kappa shape index (κ2) is 6.24. The van der Waals surface area contributed by atoms with Gasteiger partial charge >= 0.3 is 7.12 Å². The summed E-state index contributed by atoms with van der Waals surface area (Å²) >= 11 is 0. The maximum atomic E-state index is 8.99. The van der Waals surface area contributed by atoms with Crippen molar-refractivity contribution in [1.29, 1.82) is 0 Å². The van der Waals surface area contributed by atoms with Crippen LogP contribution < -0.4 is 10.2 Å². The minimum Gasteiger partial charge on any atom is -0.497 e. The molecular weight excluding hydrogens is 227 g/mol. The molecule has 0 saturated heterocycles. The van der Waals surface area contributed by atoms with Gasteiger partial charge in [0, 0.05) is 0 Å². The van der Waals surface area contributed by atoms with Crippen LogP contribution in [0.2, 0.25) is 0 Å². The lowest BCUT2D eigenvalue weighted by Gasteiger charge is -2.05. The van der Waals surface area contributed by atoms with Crippen LogP contribution in [0, 0.1) is 0 Å². The van der Waals surface area contributed by atoms with E-state index in [0.29, 0.717) is 5.46 Å². The SMILES string of the molecule is C.COc1ccc(-c2ccc(B(O)O)cc2)cc1. The minimum absolute atomic E-state index is 0. The lowest BCUT2D eigenvalue weighted by Crippen LogP contribution is -2.29. The summed E-state index contributed by atoms with van der Waals surface area (Å²) in [5, 5.41) is 18.0. The largest absolute Gasteiger partial charge is 0.497 e. The highest BCUT2D eigenvalue weighted by atomic mass is 16.5. The smallest absolute Gasteiger partial charge is 0.488 e. The summed E-state index contributed by atoms with van der Waals surface area (Å²) in [6.45, 7) is 0. The Kier molecular flexibility index (Phi) is 4.95. The molecule has 0 aliphatic heterocycles. The van der Waals surface area contributed by atoms with Crippen LogP contribution in [0.3, 0.4) is 0 Å². The zero-order valence-electron chi connectivity index (χ0n) is 9.50. The van der Waals surface area contributed by atoms with Gasteiger partial charge in [0.05, 0.1) is 7.11 Å². The van der Waals surface area contributed by atoms with Crippen LogP contribution in [0.15, 0.2) is 48.5 Å². The summed E-state index contributed by atoms with van der Waals surface area (Å²) < 4.78 is 5.09. The number of ether oxygens (including phenoxy) is 1. The van der Waals surface area contributed by atoms with Crippen molar-refractivity contribution in [1.82, 2.24) is 0 Å². The molecule has 0 bridgehead atoms. The van der Waals surface area contributed by atoms with Crippen LogP contribution in [0.25, 0.3) is 11.1 Å². The quantitative estimate of drug-likeness (QED) is 0.807. The van der Waals surface area contributed by atoms with E-state index in [2.05, 4.69) is 0 Å². The summed E-state index contributed by atoms with van der Waals surface area (Å²) in [5.74, 6) is 0.816. The maximum absolute atomic E-state index is 8.99. The van der Waals surface area contributed by atoms with E-state index in [0.717, 1.165) is 16.9 Å². The number of hydrogen-bond donors (Lipinski definition) is 2. The van der Waals surface area contributed by atoms with Crippen molar-refractivity contribution in [3.8, 4) is 16.9 Å². The number of benzene rings is 2. The summed E-state index contributed by atoms with van der Waals surface area (Å²) in [7, 11) is 0.215. The van der Waals surface area contributed by atoms with E-state index in [1.54, 1.807) is 19.2 Å². The van der Waals surface area contributed by atoms with Crippen LogP contribution >= 0.6 is 0 Å². The number of rotatable bonds is 3. The lowest BCUT2D eigenvalue weighted by molar-refractivity contribution is 0.415. The molecule has 4 heteroatoms. The van der Waals surface area contributed by atoms with Gasteiger partial charge in [-0.2, -0.15) is 0 Å². The van der Waals surface area contributed by atoms with E-state index in [1.807, 2.05) is 36.4 Å². The van der Waals surface area contributed by atoms with Gasteiger partial charge < -0.3 is 14.8 Å². The molecule has 0 fully saturated rings. The average molecular weight is 244 g/mol. The second-order valence-corrected chi connectivity index (χ2v) is 3.72. The zero-order valence-corrected chi connectivity index (χ0v) is 9.50. The maximum Gasteiger partial charge on any atom is 0.488 e. The molecule has 0 heterocycles. The normalized spacial score (nSPS) is 9.50. The van der Waals surface area contributed by atoms with Crippen LogP contribution in [0.5, 0.6) is 5.75 Å². The zero-order chi connectivity index (χ0) is 12.3. The Morgan fingerprint density at radius 3 is 1.67 bits per heavy atom. The molecule has 2 aromatic carbocycles. The Labute approximate surface area is 108 Å². The fraction of sp³-hybridized carbons (Fsp3) is 0.143. The van der Waals surface area contributed by atoms with Crippen LogP contribution in [0.1, 0.15) is 7.43 Å². The Balaban J connectivity index is 0.00000162. The molecule has 2 aromatic rings. The molecule has 0 aliphatic carbocycles. The van der Waals surface area contributed by atoms with Gasteiger partial charge in [-0.25, -0.2) is 0 Å². The highest BCUT2D eigenvalue weighted by Gasteiger charge is 2.09. The Hall–Kier alpha value is -1.78. The Bertz CT molecular complexity index is 477. The molecular formula is C14H17BO3. The van der Waals surface area contributed by atoms with Crippen molar-refractivity contribution in [3.05, 3.63) is 48.5 Å². The van der Waals surface area contributed by atoms with Gasteiger partial charge in [-0.1, -0.05) is 43.8 Å². The molecule has 0 unspecified atom stereocenters.